The van der Waals surface area contributed by atoms with E-state index in [-0.39, 0.29) is 4.90 Å². The number of sulfonamides is 1. The van der Waals surface area contributed by atoms with Gasteiger partial charge in [0.2, 0.25) is 0 Å². The Bertz CT molecular complexity index is 1030. The van der Waals surface area contributed by atoms with Crippen molar-refractivity contribution in [3.8, 4) is 5.75 Å². The number of aryl methyl sites for hydroxylation is 2. The Labute approximate surface area is 164 Å². The Morgan fingerprint density at radius 3 is 2.26 bits per heavy atom. The highest BCUT2D eigenvalue weighted by Gasteiger charge is 2.18. The van der Waals surface area contributed by atoms with E-state index in [1.807, 2.05) is 30.3 Å². The molecule has 27 heavy (non-hydrogen) atoms. The molecule has 3 aromatic rings. The molecule has 0 fully saturated rings. The molecule has 0 amide bonds. The van der Waals surface area contributed by atoms with Crippen molar-refractivity contribution in [3.05, 3.63) is 88.4 Å². The Kier molecular flexibility index (Phi) is 5.73. The van der Waals surface area contributed by atoms with Crippen LogP contribution in [0.3, 0.4) is 0 Å². The Morgan fingerprint density at radius 1 is 0.926 bits per heavy atom. The third-order valence-electron chi connectivity index (χ3n) is 4.10. The molecule has 0 aliphatic carbocycles. The first-order chi connectivity index (χ1) is 12.8. The molecule has 140 valence electrons. The molecule has 0 aliphatic heterocycles. The zero-order chi connectivity index (χ0) is 19.4. The second-order valence-corrected chi connectivity index (χ2v) is 8.33. The van der Waals surface area contributed by atoms with E-state index in [1.54, 1.807) is 50.2 Å². The first kappa shape index (κ1) is 19.3. The number of rotatable bonds is 6. The average molecular weight is 402 g/mol. The number of halogens is 1. The van der Waals surface area contributed by atoms with E-state index in [9.17, 15) is 8.42 Å². The standard InChI is InChI=1S/C21H20ClNO3S/c1-15-13-21(16(2)12-20(15)22)27(24,25)23-18-8-10-19(11-9-18)26-14-17-6-4-3-5-7-17/h3-13,23H,14H2,1-2H3. The van der Waals surface area contributed by atoms with E-state index >= 15 is 0 Å². The van der Waals surface area contributed by atoms with Crippen molar-refractivity contribution in [1.82, 2.24) is 0 Å². The summed E-state index contributed by atoms with van der Waals surface area (Å²) in [6, 6.07) is 19.9. The van der Waals surface area contributed by atoms with E-state index in [2.05, 4.69) is 4.72 Å². The SMILES string of the molecule is Cc1cc(S(=O)(=O)Nc2ccc(OCc3ccccc3)cc2)c(C)cc1Cl. The highest BCUT2D eigenvalue weighted by Crippen LogP contribution is 2.26. The van der Waals surface area contributed by atoms with Crippen molar-refractivity contribution in [1.29, 1.82) is 0 Å². The first-order valence-corrected chi connectivity index (χ1v) is 10.3. The summed E-state index contributed by atoms with van der Waals surface area (Å²) in [5, 5.41) is 0.548. The molecule has 6 heteroatoms. The number of benzene rings is 3. The van der Waals surface area contributed by atoms with Crippen molar-refractivity contribution < 1.29 is 13.2 Å². The smallest absolute Gasteiger partial charge is 0.262 e. The molecule has 4 nitrogen and oxygen atoms in total. The van der Waals surface area contributed by atoms with E-state index in [0.717, 1.165) is 5.56 Å². The first-order valence-electron chi connectivity index (χ1n) is 8.41. The third kappa shape index (κ3) is 4.81. The summed E-state index contributed by atoms with van der Waals surface area (Å²) in [5.74, 6) is 0.667. The molecule has 0 bridgehead atoms. The van der Waals surface area contributed by atoms with Gasteiger partial charge in [-0.3, -0.25) is 4.72 Å². The fourth-order valence-electron chi connectivity index (χ4n) is 2.61. The van der Waals surface area contributed by atoms with Crippen LogP contribution in [0, 0.1) is 13.8 Å². The lowest BCUT2D eigenvalue weighted by molar-refractivity contribution is 0.306. The zero-order valence-electron chi connectivity index (χ0n) is 15.1. The quantitative estimate of drug-likeness (QED) is 0.606. The van der Waals surface area contributed by atoms with Crippen LogP contribution >= 0.6 is 11.6 Å². The third-order valence-corrected chi connectivity index (χ3v) is 6.03. The molecule has 0 saturated heterocycles. The van der Waals surface area contributed by atoms with Crippen molar-refractivity contribution >= 4 is 27.3 Å². The predicted molar refractivity (Wildman–Crippen MR) is 109 cm³/mol. The van der Waals surface area contributed by atoms with E-state index in [0.29, 0.717) is 34.2 Å². The van der Waals surface area contributed by atoms with E-state index in [1.165, 1.54) is 0 Å². The maximum Gasteiger partial charge on any atom is 0.262 e. The van der Waals surface area contributed by atoms with Gasteiger partial charge in [0.1, 0.15) is 12.4 Å². The molecule has 0 unspecified atom stereocenters. The lowest BCUT2D eigenvalue weighted by atomic mass is 10.2. The normalized spacial score (nSPS) is 11.2. The van der Waals surface area contributed by atoms with Gasteiger partial charge < -0.3 is 4.74 Å². The van der Waals surface area contributed by atoms with Gasteiger partial charge in [0.25, 0.3) is 10.0 Å². The van der Waals surface area contributed by atoms with E-state index < -0.39 is 10.0 Å². The topological polar surface area (TPSA) is 55.4 Å². The summed E-state index contributed by atoms with van der Waals surface area (Å²) in [4.78, 5) is 0.216. The highest BCUT2D eigenvalue weighted by atomic mass is 35.5. The molecule has 0 heterocycles. The van der Waals surface area contributed by atoms with Gasteiger partial charge in [-0.05, 0) is 66.9 Å². The van der Waals surface area contributed by atoms with Gasteiger partial charge in [-0.15, -0.1) is 0 Å². The molecule has 3 aromatic carbocycles. The molecule has 0 saturated carbocycles. The van der Waals surface area contributed by atoms with Gasteiger partial charge in [-0.2, -0.15) is 0 Å². The molecule has 0 spiro atoms. The van der Waals surface area contributed by atoms with Crippen LogP contribution in [-0.2, 0) is 16.6 Å². The van der Waals surface area contributed by atoms with Crippen LogP contribution in [0.2, 0.25) is 5.02 Å². The van der Waals surface area contributed by atoms with Gasteiger partial charge in [0, 0.05) is 10.7 Å². The molecule has 0 aromatic heterocycles. The minimum Gasteiger partial charge on any atom is -0.489 e. The van der Waals surface area contributed by atoms with Gasteiger partial charge in [-0.1, -0.05) is 41.9 Å². The fourth-order valence-corrected chi connectivity index (χ4v) is 4.20. The molecule has 3 rings (SSSR count). The van der Waals surface area contributed by atoms with Gasteiger partial charge in [0.15, 0.2) is 0 Å². The predicted octanol–water partition coefficient (Wildman–Crippen LogP) is 5.34. The second kappa shape index (κ2) is 8.03. The largest absolute Gasteiger partial charge is 0.489 e. The van der Waals surface area contributed by atoms with E-state index in [4.69, 9.17) is 16.3 Å². The minimum atomic E-state index is -3.70. The molecule has 0 radical (unpaired) electrons. The van der Waals surface area contributed by atoms with Crippen LogP contribution in [0.25, 0.3) is 0 Å². The Hall–Kier alpha value is -2.50. The number of nitrogens with one attached hydrogen (secondary N) is 1. The van der Waals surface area contributed by atoms with Crippen LogP contribution in [0.1, 0.15) is 16.7 Å². The number of hydrogen-bond donors (Lipinski definition) is 1. The number of anilines is 1. The number of ether oxygens (including phenoxy) is 1. The molecule has 0 aliphatic rings. The summed E-state index contributed by atoms with van der Waals surface area (Å²) >= 11 is 6.06. The second-order valence-electron chi connectivity index (χ2n) is 6.27. The van der Waals surface area contributed by atoms with Crippen molar-refractivity contribution in [3.63, 3.8) is 0 Å². The van der Waals surface area contributed by atoms with Gasteiger partial charge in [0.05, 0.1) is 4.90 Å². The van der Waals surface area contributed by atoms with Crippen molar-refractivity contribution in [2.75, 3.05) is 4.72 Å². The lowest BCUT2D eigenvalue weighted by Crippen LogP contribution is -2.14. The highest BCUT2D eigenvalue weighted by molar-refractivity contribution is 7.92. The zero-order valence-corrected chi connectivity index (χ0v) is 16.6. The van der Waals surface area contributed by atoms with Crippen LogP contribution in [-0.4, -0.2) is 8.42 Å². The van der Waals surface area contributed by atoms with Crippen LogP contribution in [0.4, 0.5) is 5.69 Å². The number of hydrogen-bond acceptors (Lipinski definition) is 3. The van der Waals surface area contributed by atoms with Gasteiger partial charge >= 0.3 is 0 Å². The van der Waals surface area contributed by atoms with Crippen molar-refractivity contribution in [2.45, 2.75) is 25.3 Å². The molecular weight excluding hydrogens is 382 g/mol. The van der Waals surface area contributed by atoms with Crippen molar-refractivity contribution in [2.24, 2.45) is 0 Å². The maximum absolute atomic E-state index is 12.7. The summed E-state index contributed by atoms with van der Waals surface area (Å²) in [5.41, 5.74) is 2.85. The monoisotopic (exact) mass is 401 g/mol. The molecule has 0 atom stereocenters. The van der Waals surface area contributed by atoms with Gasteiger partial charge in [-0.25, -0.2) is 8.42 Å². The summed E-state index contributed by atoms with van der Waals surface area (Å²) in [6.45, 7) is 3.95. The van der Waals surface area contributed by atoms with Crippen LogP contribution < -0.4 is 9.46 Å². The lowest BCUT2D eigenvalue weighted by Gasteiger charge is -2.13. The average Bonchev–Trinajstić information content (AvgIpc) is 2.64. The Balaban J connectivity index is 1.71. The molecular formula is C21H20ClNO3S. The van der Waals surface area contributed by atoms with Crippen LogP contribution in [0.5, 0.6) is 5.75 Å². The minimum absolute atomic E-state index is 0.216. The fraction of sp³-hybridized carbons (Fsp3) is 0.143. The molecule has 1 N–H and O–H groups in total. The summed E-state index contributed by atoms with van der Waals surface area (Å²) in [7, 11) is -3.70. The summed E-state index contributed by atoms with van der Waals surface area (Å²) < 4.78 is 33.7. The summed E-state index contributed by atoms with van der Waals surface area (Å²) in [6.07, 6.45) is 0. The maximum atomic E-state index is 12.7. The Morgan fingerprint density at radius 2 is 1.59 bits per heavy atom. The van der Waals surface area contributed by atoms with Crippen LogP contribution in [0.15, 0.2) is 71.6 Å².